The Morgan fingerprint density at radius 2 is 1.83 bits per heavy atom. The molecule has 0 N–H and O–H groups in total. The molecule has 0 bridgehead atoms. The largest absolute Gasteiger partial charge is 0.573 e. The second-order valence-electron chi connectivity index (χ2n) is 6.15. The van der Waals surface area contributed by atoms with Crippen molar-refractivity contribution in [3.63, 3.8) is 0 Å². The highest BCUT2D eigenvalue weighted by Gasteiger charge is 2.31. The Morgan fingerprint density at radius 1 is 1.17 bits per heavy atom. The van der Waals surface area contributed by atoms with Crippen LogP contribution in [0.15, 0.2) is 36.4 Å². The van der Waals surface area contributed by atoms with Gasteiger partial charge in [0.2, 0.25) is 0 Å². The third-order valence-corrected chi connectivity index (χ3v) is 4.43. The number of aromatic nitrogens is 1. The Kier molecular flexibility index (Phi) is 5.32. The maximum absolute atomic E-state index is 14.3. The van der Waals surface area contributed by atoms with Crippen molar-refractivity contribution in [3.8, 4) is 11.5 Å². The first-order valence-corrected chi connectivity index (χ1v) is 8.38. The Bertz CT molecular complexity index is 1080. The molecule has 0 unspecified atom stereocenters. The van der Waals surface area contributed by atoms with E-state index in [1.807, 2.05) is 0 Å². The van der Waals surface area contributed by atoms with Crippen LogP contribution in [0.25, 0.3) is 10.9 Å². The van der Waals surface area contributed by atoms with E-state index in [9.17, 15) is 27.2 Å². The van der Waals surface area contributed by atoms with E-state index in [-0.39, 0.29) is 23.3 Å². The minimum Gasteiger partial charge on any atom is -0.494 e. The molecule has 3 rings (SSSR count). The summed E-state index contributed by atoms with van der Waals surface area (Å²) in [4.78, 5) is 24.1. The van der Waals surface area contributed by atoms with Crippen LogP contribution >= 0.6 is 0 Å². The summed E-state index contributed by atoms with van der Waals surface area (Å²) in [5, 5.41) is 0.471. The molecule has 0 amide bonds. The second-order valence-corrected chi connectivity index (χ2v) is 6.15. The van der Waals surface area contributed by atoms with Gasteiger partial charge >= 0.3 is 6.36 Å². The van der Waals surface area contributed by atoms with E-state index >= 15 is 0 Å². The highest BCUT2D eigenvalue weighted by molar-refractivity contribution is 6.04. The number of benzene rings is 2. The molecule has 152 valence electrons. The SMILES string of the molecule is COc1cc2c(CC=O)c(C)n(C(=O)c3ccc(OC(F)(F)F)cc3)c2cc1F. The first-order chi connectivity index (χ1) is 13.7. The highest BCUT2D eigenvalue weighted by atomic mass is 19.4. The van der Waals surface area contributed by atoms with Gasteiger partial charge in [-0.15, -0.1) is 13.2 Å². The van der Waals surface area contributed by atoms with E-state index in [0.717, 1.165) is 18.2 Å². The fourth-order valence-corrected chi connectivity index (χ4v) is 3.17. The third-order valence-electron chi connectivity index (χ3n) is 4.43. The topological polar surface area (TPSA) is 57.5 Å². The van der Waals surface area contributed by atoms with Gasteiger partial charge in [-0.1, -0.05) is 0 Å². The molecule has 0 radical (unpaired) electrons. The monoisotopic (exact) mass is 409 g/mol. The molecular formula is C20H15F4NO4. The molecule has 3 aromatic rings. The quantitative estimate of drug-likeness (QED) is 0.462. The zero-order valence-corrected chi connectivity index (χ0v) is 15.3. The summed E-state index contributed by atoms with van der Waals surface area (Å²) in [6.07, 6.45) is -4.19. The maximum Gasteiger partial charge on any atom is 0.573 e. The van der Waals surface area contributed by atoms with E-state index in [4.69, 9.17) is 4.74 Å². The fourth-order valence-electron chi connectivity index (χ4n) is 3.17. The first-order valence-electron chi connectivity index (χ1n) is 8.38. The van der Waals surface area contributed by atoms with Crippen LogP contribution in [0, 0.1) is 12.7 Å². The number of fused-ring (bicyclic) bond motifs is 1. The Hall–Kier alpha value is -3.36. The van der Waals surface area contributed by atoms with Gasteiger partial charge in [0.05, 0.1) is 12.6 Å². The highest BCUT2D eigenvalue weighted by Crippen LogP contribution is 2.32. The van der Waals surface area contributed by atoms with Gasteiger partial charge in [0.15, 0.2) is 11.6 Å². The number of alkyl halides is 3. The number of halogens is 4. The van der Waals surface area contributed by atoms with Crippen LogP contribution in [0.2, 0.25) is 0 Å². The molecule has 29 heavy (non-hydrogen) atoms. The predicted octanol–water partition coefficient (Wildman–Crippen LogP) is 4.43. The Balaban J connectivity index is 2.11. The molecular weight excluding hydrogens is 394 g/mol. The normalized spacial score (nSPS) is 11.5. The van der Waals surface area contributed by atoms with Gasteiger partial charge in [-0.2, -0.15) is 0 Å². The number of aldehydes is 1. The molecule has 0 saturated carbocycles. The van der Waals surface area contributed by atoms with Crippen molar-refractivity contribution in [2.45, 2.75) is 19.7 Å². The van der Waals surface area contributed by atoms with Crippen molar-refractivity contribution >= 4 is 23.1 Å². The van der Waals surface area contributed by atoms with Crippen molar-refractivity contribution in [1.82, 2.24) is 4.57 Å². The smallest absolute Gasteiger partial charge is 0.494 e. The lowest BCUT2D eigenvalue weighted by Crippen LogP contribution is -2.17. The zero-order chi connectivity index (χ0) is 21.3. The van der Waals surface area contributed by atoms with Crippen LogP contribution in [-0.2, 0) is 11.2 Å². The summed E-state index contributed by atoms with van der Waals surface area (Å²) in [6.45, 7) is 1.60. The molecule has 2 aromatic carbocycles. The summed E-state index contributed by atoms with van der Waals surface area (Å²) in [6, 6.07) is 6.90. The Labute approximate surface area is 162 Å². The van der Waals surface area contributed by atoms with Crippen LogP contribution in [0.1, 0.15) is 21.6 Å². The van der Waals surface area contributed by atoms with Gasteiger partial charge in [-0.05, 0) is 42.8 Å². The van der Waals surface area contributed by atoms with Gasteiger partial charge < -0.3 is 14.3 Å². The summed E-state index contributed by atoms with van der Waals surface area (Å²) in [7, 11) is 1.29. The van der Waals surface area contributed by atoms with Gasteiger partial charge in [-0.3, -0.25) is 9.36 Å². The summed E-state index contributed by atoms with van der Waals surface area (Å²) >= 11 is 0. The van der Waals surface area contributed by atoms with Crippen molar-refractivity contribution in [3.05, 3.63) is 59.0 Å². The van der Waals surface area contributed by atoms with Crippen LogP contribution in [0.4, 0.5) is 17.6 Å². The summed E-state index contributed by atoms with van der Waals surface area (Å²) in [5.41, 5.74) is 1.23. The number of hydrogen-bond donors (Lipinski definition) is 0. The van der Waals surface area contributed by atoms with E-state index < -0.39 is 23.8 Å². The molecule has 1 aromatic heterocycles. The molecule has 1 heterocycles. The summed E-state index contributed by atoms with van der Waals surface area (Å²) in [5.74, 6) is -1.80. The van der Waals surface area contributed by atoms with Crippen LogP contribution < -0.4 is 9.47 Å². The lowest BCUT2D eigenvalue weighted by atomic mass is 10.1. The van der Waals surface area contributed by atoms with E-state index in [2.05, 4.69) is 4.74 Å². The minimum absolute atomic E-state index is 0.00421. The van der Waals surface area contributed by atoms with Gasteiger partial charge in [-0.25, -0.2) is 4.39 Å². The van der Waals surface area contributed by atoms with Gasteiger partial charge in [0.1, 0.15) is 12.0 Å². The number of hydrogen-bond acceptors (Lipinski definition) is 4. The van der Waals surface area contributed by atoms with Crippen molar-refractivity contribution in [2.24, 2.45) is 0 Å². The average molecular weight is 409 g/mol. The second kappa shape index (κ2) is 7.57. The minimum atomic E-state index is -4.85. The van der Waals surface area contributed by atoms with Crippen molar-refractivity contribution in [2.75, 3.05) is 7.11 Å². The number of rotatable bonds is 5. The van der Waals surface area contributed by atoms with Crippen LogP contribution in [-0.4, -0.2) is 30.2 Å². The molecule has 0 aliphatic rings. The number of methoxy groups -OCH3 is 1. The molecule has 0 atom stereocenters. The van der Waals surface area contributed by atoms with E-state index in [1.165, 1.54) is 29.9 Å². The molecule has 0 aliphatic carbocycles. The predicted molar refractivity (Wildman–Crippen MR) is 95.8 cm³/mol. The zero-order valence-electron chi connectivity index (χ0n) is 15.3. The van der Waals surface area contributed by atoms with E-state index in [1.54, 1.807) is 6.92 Å². The molecule has 0 fully saturated rings. The first kappa shape index (κ1) is 20.4. The molecule has 0 spiro atoms. The van der Waals surface area contributed by atoms with Gasteiger partial charge in [0.25, 0.3) is 5.91 Å². The third kappa shape index (κ3) is 3.94. The maximum atomic E-state index is 14.3. The standard InChI is InChI=1S/C20H15F4NO4/c1-11-14(7-8-26)15-9-18(28-2)16(21)10-17(15)25(11)19(27)12-3-5-13(6-4-12)29-20(22,23)24/h3-6,8-10H,7H2,1-2H3. The lowest BCUT2D eigenvalue weighted by Gasteiger charge is -2.11. The number of carbonyl (C=O) groups is 2. The Morgan fingerprint density at radius 3 is 2.38 bits per heavy atom. The number of carbonyl (C=O) groups excluding carboxylic acids is 2. The van der Waals surface area contributed by atoms with Gasteiger partial charge in [0, 0.05) is 29.1 Å². The lowest BCUT2D eigenvalue weighted by molar-refractivity contribution is -0.274. The number of nitrogens with zero attached hydrogens (tertiary/aromatic N) is 1. The molecule has 0 saturated heterocycles. The van der Waals surface area contributed by atoms with E-state index in [0.29, 0.717) is 22.9 Å². The van der Waals surface area contributed by atoms with Crippen molar-refractivity contribution < 1.29 is 36.6 Å². The fraction of sp³-hybridized carbons (Fsp3) is 0.200. The number of ether oxygens (including phenoxy) is 2. The molecule has 5 nitrogen and oxygen atoms in total. The summed E-state index contributed by atoms with van der Waals surface area (Å²) < 4.78 is 61.1. The van der Waals surface area contributed by atoms with Crippen LogP contribution in [0.5, 0.6) is 11.5 Å². The average Bonchev–Trinajstić information content (AvgIpc) is 2.91. The van der Waals surface area contributed by atoms with Crippen LogP contribution in [0.3, 0.4) is 0 Å². The molecule has 9 heteroatoms. The van der Waals surface area contributed by atoms with Crippen molar-refractivity contribution in [1.29, 1.82) is 0 Å². The molecule has 0 aliphatic heterocycles.